The number of rotatable bonds is 5. The normalized spacial score (nSPS) is 15.7. The molecule has 0 N–H and O–H groups in total. The van der Waals surface area contributed by atoms with E-state index in [0.29, 0.717) is 54.7 Å². The van der Waals surface area contributed by atoms with Gasteiger partial charge in [-0.05, 0) is 18.2 Å². The van der Waals surface area contributed by atoms with E-state index in [1.165, 1.54) is 18.3 Å². The largest absolute Gasteiger partial charge is 0.373 e. The van der Waals surface area contributed by atoms with Crippen molar-refractivity contribution in [2.45, 2.75) is 12.6 Å². The fraction of sp³-hybridized carbons (Fsp3) is 0.250. The van der Waals surface area contributed by atoms with Crippen molar-refractivity contribution in [1.29, 1.82) is 5.26 Å². The lowest BCUT2D eigenvalue weighted by atomic mass is 10.1. The van der Waals surface area contributed by atoms with Gasteiger partial charge >= 0.3 is 0 Å². The second-order valence-corrected chi connectivity index (χ2v) is 8.59. The van der Waals surface area contributed by atoms with Crippen LogP contribution in [0.4, 0.5) is 10.3 Å². The van der Waals surface area contributed by atoms with E-state index in [9.17, 15) is 4.39 Å². The Morgan fingerprint density at radius 1 is 1.11 bits per heavy atom. The van der Waals surface area contributed by atoms with Gasteiger partial charge in [0.05, 0.1) is 42.9 Å². The highest BCUT2D eigenvalue weighted by molar-refractivity contribution is 5.70. The van der Waals surface area contributed by atoms with Crippen molar-refractivity contribution in [2.75, 3.05) is 24.6 Å². The van der Waals surface area contributed by atoms with Crippen LogP contribution >= 0.6 is 0 Å². The van der Waals surface area contributed by atoms with Crippen LogP contribution in [0.25, 0.3) is 33.7 Å². The molecule has 184 valence electrons. The van der Waals surface area contributed by atoms with Gasteiger partial charge in [0, 0.05) is 55.4 Å². The number of morpholine rings is 1. The highest BCUT2D eigenvalue weighted by Gasteiger charge is 2.24. The Morgan fingerprint density at radius 3 is 2.76 bits per heavy atom. The zero-order chi connectivity index (χ0) is 25.4. The van der Waals surface area contributed by atoms with Gasteiger partial charge in [-0.25, -0.2) is 29.0 Å². The van der Waals surface area contributed by atoms with Gasteiger partial charge in [0.2, 0.25) is 11.6 Å². The Morgan fingerprint density at radius 2 is 1.97 bits per heavy atom. The van der Waals surface area contributed by atoms with E-state index in [1.54, 1.807) is 34.0 Å². The van der Waals surface area contributed by atoms with Crippen LogP contribution in [0, 0.1) is 17.1 Å². The molecule has 5 aromatic rings. The Kier molecular flexibility index (Phi) is 5.70. The van der Waals surface area contributed by atoms with Crippen LogP contribution in [-0.2, 0) is 18.3 Å². The van der Waals surface area contributed by atoms with Crippen molar-refractivity contribution in [1.82, 2.24) is 44.7 Å². The highest BCUT2D eigenvalue weighted by atomic mass is 19.1. The summed E-state index contributed by atoms with van der Waals surface area (Å²) in [7, 11) is 1.87. The minimum Gasteiger partial charge on any atom is -0.373 e. The molecule has 0 spiro atoms. The lowest BCUT2D eigenvalue weighted by Crippen LogP contribution is -2.45. The van der Waals surface area contributed by atoms with Gasteiger partial charge in [-0.1, -0.05) is 5.21 Å². The average molecular weight is 497 g/mol. The van der Waals surface area contributed by atoms with Crippen LogP contribution in [0.5, 0.6) is 0 Å². The Labute approximate surface area is 210 Å². The monoisotopic (exact) mass is 497 g/mol. The minimum absolute atomic E-state index is 0.0580. The maximum atomic E-state index is 13.8. The Hall–Kier alpha value is -4.83. The summed E-state index contributed by atoms with van der Waals surface area (Å²) in [6, 6.07) is 6.09. The molecule has 37 heavy (non-hydrogen) atoms. The standard InChI is InChI=1S/C24H20FN11O/c1-34-12-18(10-30-34)17-8-28-24(29-9-17)35-4-5-37-19(13-35)14-36-23-22(32-33-36)27-11-21(31-23)15-2-3-20(25)16(6-15)7-26/h2-3,6,8-12,19H,4-5,13-14H2,1H3/t19-/m1/s1. The smallest absolute Gasteiger partial charge is 0.225 e. The van der Waals surface area contributed by atoms with E-state index < -0.39 is 5.82 Å². The number of halogens is 1. The molecule has 1 saturated heterocycles. The number of hydrogen-bond acceptors (Lipinski definition) is 10. The van der Waals surface area contributed by atoms with E-state index in [4.69, 9.17) is 10.00 Å². The average Bonchev–Trinajstić information content (AvgIpc) is 3.55. The van der Waals surface area contributed by atoms with Crippen molar-refractivity contribution >= 4 is 17.2 Å². The van der Waals surface area contributed by atoms with Crippen LogP contribution in [0.15, 0.2) is 49.2 Å². The topological polar surface area (TPSA) is 136 Å². The van der Waals surface area contributed by atoms with E-state index >= 15 is 0 Å². The van der Waals surface area contributed by atoms with Gasteiger partial charge in [0.15, 0.2) is 5.65 Å². The third-order valence-electron chi connectivity index (χ3n) is 6.08. The molecule has 0 unspecified atom stereocenters. The lowest BCUT2D eigenvalue weighted by Gasteiger charge is -2.32. The van der Waals surface area contributed by atoms with E-state index in [-0.39, 0.29) is 11.7 Å². The molecule has 13 heteroatoms. The maximum absolute atomic E-state index is 13.8. The summed E-state index contributed by atoms with van der Waals surface area (Å²) >= 11 is 0. The van der Waals surface area contributed by atoms with Crippen LogP contribution in [0.3, 0.4) is 0 Å². The summed E-state index contributed by atoms with van der Waals surface area (Å²) in [5.74, 6) is 0.0396. The molecule has 0 aliphatic carbocycles. The predicted octanol–water partition coefficient (Wildman–Crippen LogP) is 1.99. The number of aromatic nitrogens is 9. The molecule has 1 fully saturated rings. The molecule has 0 amide bonds. The highest BCUT2D eigenvalue weighted by Crippen LogP contribution is 2.22. The molecule has 1 aromatic carbocycles. The number of aryl methyl sites for hydroxylation is 1. The van der Waals surface area contributed by atoms with Gasteiger partial charge in [0.25, 0.3) is 0 Å². The SMILES string of the molecule is Cn1cc(-c2cnc(N3CCO[C@@H](Cn4nnc5ncc(-c6ccc(F)c(C#N)c6)nc54)C3)nc2)cn1. The van der Waals surface area contributed by atoms with Crippen LogP contribution in [0.2, 0.25) is 0 Å². The molecule has 12 nitrogen and oxygen atoms in total. The summed E-state index contributed by atoms with van der Waals surface area (Å²) in [6.45, 7) is 2.13. The first-order chi connectivity index (χ1) is 18.1. The zero-order valence-corrected chi connectivity index (χ0v) is 19.7. The first-order valence-corrected chi connectivity index (χ1v) is 11.5. The van der Waals surface area contributed by atoms with Crippen LogP contribution in [0.1, 0.15) is 5.56 Å². The Balaban J connectivity index is 1.20. The second kappa shape index (κ2) is 9.32. The van der Waals surface area contributed by atoms with Crippen molar-refractivity contribution < 1.29 is 9.13 Å². The number of anilines is 1. The number of fused-ring (bicyclic) bond motifs is 1. The number of nitriles is 1. The van der Waals surface area contributed by atoms with Crippen molar-refractivity contribution in [2.24, 2.45) is 7.05 Å². The van der Waals surface area contributed by atoms with Gasteiger partial charge in [-0.15, -0.1) is 5.10 Å². The molecule has 6 rings (SSSR count). The fourth-order valence-electron chi connectivity index (χ4n) is 4.20. The summed E-state index contributed by atoms with van der Waals surface area (Å²) in [5.41, 5.74) is 3.71. The number of ether oxygens (including phenoxy) is 1. The molecule has 0 radical (unpaired) electrons. The molecule has 1 aliphatic rings. The molecule has 1 atom stereocenters. The zero-order valence-electron chi connectivity index (χ0n) is 19.7. The van der Waals surface area contributed by atoms with E-state index in [0.717, 1.165) is 11.1 Å². The predicted molar refractivity (Wildman–Crippen MR) is 129 cm³/mol. The third kappa shape index (κ3) is 4.45. The van der Waals surface area contributed by atoms with E-state index in [1.807, 2.05) is 19.3 Å². The summed E-state index contributed by atoms with van der Waals surface area (Å²) in [4.78, 5) is 20.1. The number of hydrogen-bond donors (Lipinski definition) is 0. The van der Waals surface area contributed by atoms with Gasteiger partial charge < -0.3 is 9.64 Å². The lowest BCUT2D eigenvalue weighted by molar-refractivity contribution is 0.0273. The van der Waals surface area contributed by atoms with Crippen LogP contribution in [-0.4, -0.2) is 70.5 Å². The molecule has 0 saturated carbocycles. The Bertz CT molecular complexity index is 1620. The minimum atomic E-state index is -0.582. The first-order valence-electron chi connectivity index (χ1n) is 11.5. The van der Waals surface area contributed by atoms with Gasteiger partial charge in [-0.3, -0.25) is 4.68 Å². The maximum Gasteiger partial charge on any atom is 0.225 e. The van der Waals surface area contributed by atoms with Gasteiger partial charge in [-0.2, -0.15) is 10.4 Å². The summed E-state index contributed by atoms with van der Waals surface area (Å²) in [6.07, 6.45) is 8.59. The first kappa shape index (κ1) is 22.6. The second-order valence-electron chi connectivity index (χ2n) is 8.59. The molecular weight excluding hydrogens is 477 g/mol. The van der Waals surface area contributed by atoms with Crippen molar-refractivity contribution in [3.05, 3.63) is 60.6 Å². The molecule has 1 aliphatic heterocycles. The molecule has 5 heterocycles. The van der Waals surface area contributed by atoms with Crippen LogP contribution < -0.4 is 4.90 Å². The van der Waals surface area contributed by atoms with Crippen molar-refractivity contribution in [3.63, 3.8) is 0 Å². The summed E-state index contributed by atoms with van der Waals surface area (Å²) < 4.78 is 23.1. The number of nitrogens with zero attached hydrogens (tertiary/aromatic N) is 11. The number of benzene rings is 1. The van der Waals surface area contributed by atoms with Gasteiger partial charge in [0.1, 0.15) is 11.9 Å². The quantitative estimate of drug-likeness (QED) is 0.354. The third-order valence-corrected chi connectivity index (χ3v) is 6.08. The fourth-order valence-corrected chi connectivity index (χ4v) is 4.20. The summed E-state index contributed by atoms with van der Waals surface area (Å²) in [5, 5.41) is 21.7. The van der Waals surface area contributed by atoms with Crippen molar-refractivity contribution in [3.8, 4) is 28.5 Å². The molecule has 0 bridgehead atoms. The van der Waals surface area contributed by atoms with E-state index in [2.05, 4.69) is 40.2 Å². The molecule has 4 aromatic heterocycles. The molecular formula is C24H20FN11O.